The fraction of sp³-hybridized carbons (Fsp3) is 0.316. The Bertz CT molecular complexity index is 690. The Morgan fingerprint density at radius 3 is 2.62 bits per heavy atom. The lowest BCUT2D eigenvalue weighted by Crippen LogP contribution is -2.39. The van der Waals surface area contributed by atoms with Crippen LogP contribution in [0.5, 0.6) is 11.5 Å². The molecule has 0 aliphatic carbocycles. The molecule has 24 heavy (non-hydrogen) atoms. The minimum absolute atomic E-state index is 0.170. The zero-order valence-electron chi connectivity index (χ0n) is 14.1. The number of halogens is 1. The van der Waals surface area contributed by atoms with E-state index in [0.29, 0.717) is 17.2 Å². The normalized spacial score (nSPS) is 13.0. The van der Waals surface area contributed by atoms with Crippen LogP contribution in [0.1, 0.15) is 31.9 Å². The van der Waals surface area contributed by atoms with E-state index in [4.69, 9.17) is 21.1 Å². The maximum atomic E-state index is 12.5. The first-order valence-electron chi connectivity index (χ1n) is 7.90. The molecule has 0 bridgehead atoms. The van der Waals surface area contributed by atoms with E-state index < -0.39 is 6.10 Å². The number of para-hydroxylation sites is 1. The zero-order chi connectivity index (χ0) is 17.5. The van der Waals surface area contributed by atoms with Gasteiger partial charge in [-0.25, -0.2) is 0 Å². The largest absolute Gasteiger partial charge is 0.496 e. The summed E-state index contributed by atoms with van der Waals surface area (Å²) >= 11 is 5.95. The molecule has 0 heterocycles. The van der Waals surface area contributed by atoms with E-state index in [1.54, 1.807) is 31.4 Å². The summed E-state index contributed by atoms with van der Waals surface area (Å²) in [5.41, 5.74) is 0.922. The number of carbonyl (C=O) groups is 1. The highest BCUT2D eigenvalue weighted by Crippen LogP contribution is 2.25. The molecule has 1 N–H and O–H groups in total. The van der Waals surface area contributed by atoms with Gasteiger partial charge < -0.3 is 14.8 Å². The average molecular weight is 348 g/mol. The first kappa shape index (κ1) is 18.1. The van der Waals surface area contributed by atoms with Crippen molar-refractivity contribution >= 4 is 17.5 Å². The number of nitrogens with one attached hydrogen (secondary N) is 1. The van der Waals surface area contributed by atoms with Gasteiger partial charge in [0, 0.05) is 10.6 Å². The summed E-state index contributed by atoms with van der Waals surface area (Å²) in [5.74, 6) is 1.15. The van der Waals surface area contributed by atoms with Gasteiger partial charge in [0.15, 0.2) is 6.10 Å². The number of methoxy groups -OCH3 is 1. The second-order valence-electron chi connectivity index (χ2n) is 5.44. The lowest BCUT2D eigenvalue weighted by molar-refractivity contribution is -0.128. The summed E-state index contributed by atoms with van der Waals surface area (Å²) < 4.78 is 11.1. The smallest absolute Gasteiger partial charge is 0.261 e. The summed E-state index contributed by atoms with van der Waals surface area (Å²) in [7, 11) is 1.62. The molecule has 2 rings (SSSR count). The van der Waals surface area contributed by atoms with Crippen LogP contribution in [-0.2, 0) is 4.79 Å². The second-order valence-corrected chi connectivity index (χ2v) is 5.88. The molecule has 5 heteroatoms. The molecule has 0 fully saturated rings. The third-order valence-corrected chi connectivity index (χ3v) is 3.94. The van der Waals surface area contributed by atoms with Crippen molar-refractivity contribution < 1.29 is 14.3 Å². The maximum absolute atomic E-state index is 12.5. The highest BCUT2D eigenvalue weighted by atomic mass is 35.5. The van der Waals surface area contributed by atoms with Gasteiger partial charge in [-0.3, -0.25) is 4.79 Å². The minimum atomic E-state index is -0.583. The van der Waals surface area contributed by atoms with Gasteiger partial charge in [-0.2, -0.15) is 0 Å². The Morgan fingerprint density at radius 1 is 1.21 bits per heavy atom. The number of carbonyl (C=O) groups excluding carboxylic acids is 1. The van der Waals surface area contributed by atoms with Crippen molar-refractivity contribution in [3.8, 4) is 11.5 Å². The Labute approximate surface area is 147 Å². The molecule has 0 spiro atoms. The van der Waals surface area contributed by atoms with Gasteiger partial charge in [0.1, 0.15) is 11.5 Å². The molecule has 0 saturated carbocycles. The third kappa shape index (κ3) is 4.65. The summed E-state index contributed by atoms with van der Waals surface area (Å²) in [5, 5.41) is 3.55. The maximum Gasteiger partial charge on any atom is 0.261 e. The summed E-state index contributed by atoms with van der Waals surface area (Å²) in [4.78, 5) is 12.5. The lowest BCUT2D eigenvalue weighted by atomic mass is 10.1. The molecule has 1 amide bonds. The minimum Gasteiger partial charge on any atom is -0.496 e. The summed E-state index contributed by atoms with van der Waals surface area (Å²) in [6, 6.07) is 14.5. The van der Waals surface area contributed by atoms with Crippen molar-refractivity contribution in [1.82, 2.24) is 5.32 Å². The molecule has 0 aromatic heterocycles. The summed E-state index contributed by atoms with van der Waals surface area (Å²) in [6.07, 6.45) is -0.0302. The number of amides is 1. The molecule has 0 radical (unpaired) electrons. The van der Waals surface area contributed by atoms with Gasteiger partial charge >= 0.3 is 0 Å². The van der Waals surface area contributed by atoms with Gasteiger partial charge in [-0.05, 0) is 37.6 Å². The van der Waals surface area contributed by atoms with Crippen LogP contribution < -0.4 is 14.8 Å². The quantitative estimate of drug-likeness (QED) is 0.808. The van der Waals surface area contributed by atoms with Crippen molar-refractivity contribution in [2.75, 3.05) is 7.11 Å². The molecule has 2 aromatic rings. The summed E-state index contributed by atoms with van der Waals surface area (Å²) in [6.45, 7) is 3.82. The third-order valence-electron chi connectivity index (χ3n) is 3.70. The topological polar surface area (TPSA) is 47.6 Å². The Hall–Kier alpha value is -2.20. The molecule has 128 valence electrons. The SMILES string of the molecule is CC[C@H](Oc1cccc(Cl)c1)C(=O)N[C@@H](C)c1ccccc1OC. The monoisotopic (exact) mass is 347 g/mol. The lowest BCUT2D eigenvalue weighted by Gasteiger charge is -2.22. The molecule has 0 unspecified atom stereocenters. The van der Waals surface area contributed by atoms with Crippen LogP contribution in [0.15, 0.2) is 48.5 Å². The van der Waals surface area contributed by atoms with E-state index in [1.165, 1.54) is 0 Å². The average Bonchev–Trinajstić information content (AvgIpc) is 2.59. The van der Waals surface area contributed by atoms with Gasteiger partial charge in [0.05, 0.1) is 13.2 Å². The predicted molar refractivity (Wildman–Crippen MR) is 95.7 cm³/mol. The van der Waals surface area contributed by atoms with Crippen LogP contribution in [0.4, 0.5) is 0 Å². The fourth-order valence-electron chi connectivity index (χ4n) is 2.44. The van der Waals surface area contributed by atoms with E-state index in [1.807, 2.05) is 38.1 Å². The first-order chi connectivity index (χ1) is 11.5. The van der Waals surface area contributed by atoms with Crippen molar-refractivity contribution in [1.29, 1.82) is 0 Å². The van der Waals surface area contributed by atoms with Crippen LogP contribution in [0.25, 0.3) is 0 Å². The van der Waals surface area contributed by atoms with Crippen LogP contribution in [0, 0.1) is 0 Å². The highest BCUT2D eigenvalue weighted by molar-refractivity contribution is 6.30. The number of ether oxygens (including phenoxy) is 2. The molecular formula is C19H22ClNO3. The standard InChI is InChI=1S/C19H22ClNO3/c1-4-17(24-15-9-7-8-14(20)12-15)19(22)21-13(2)16-10-5-6-11-18(16)23-3/h5-13,17H,4H2,1-3H3,(H,21,22)/t13-,17-/m0/s1. The number of benzene rings is 2. The molecule has 4 nitrogen and oxygen atoms in total. The van der Waals surface area contributed by atoms with E-state index in [-0.39, 0.29) is 11.9 Å². The molecule has 2 atom stereocenters. The highest BCUT2D eigenvalue weighted by Gasteiger charge is 2.22. The van der Waals surface area contributed by atoms with Gasteiger partial charge in [0.2, 0.25) is 0 Å². The van der Waals surface area contributed by atoms with Crippen LogP contribution >= 0.6 is 11.6 Å². The van der Waals surface area contributed by atoms with Crippen molar-refractivity contribution in [2.24, 2.45) is 0 Å². The van der Waals surface area contributed by atoms with Crippen LogP contribution in [0.3, 0.4) is 0 Å². The second kappa shape index (κ2) is 8.60. The van der Waals surface area contributed by atoms with Gasteiger partial charge in [0.25, 0.3) is 5.91 Å². The Balaban J connectivity index is 2.06. The van der Waals surface area contributed by atoms with E-state index in [2.05, 4.69) is 5.32 Å². The fourth-order valence-corrected chi connectivity index (χ4v) is 2.62. The molecule has 0 aliphatic heterocycles. The van der Waals surface area contributed by atoms with Crippen molar-refractivity contribution in [3.63, 3.8) is 0 Å². The van der Waals surface area contributed by atoms with E-state index >= 15 is 0 Å². The van der Waals surface area contributed by atoms with Gasteiger partial charge in [-0.15, -0.1) is 0 Å². The van der Waals surface area contributed by atoms with Crippen LogP contribution in [-0.4, -0.2) is 19.1 Å². The van der Waals surface area contributed by atoms with Crippen molar-refractivity contribution in [2.45, 2.75) is 32.4 Å². The van der Waals surface area contributed by atoms with E-state index in [9.17, 15) is 4.79 Å². The van der Waals surface area contributed by atoms with Crippen molar-refractivity contribution in [3.05, 3.63) is 59.1 Å². The van der Waals surface area contributed by atoms with Gasteiger partial charge in [-0.1, -0.05) is 42.8 Å². The molecule has 0 saturated heterocycles. The molecule has 2 aromatic carbocycles. The van der Waals surface area contributed by atoms with E-state index in [0.717, 1.165) is 11.3 Å². The zero-order valence-corrected chi connectivity index (χ0v) is 14.8. The Morgan fingerprint density at radius 2 is 1.96 bits per heavy atom. The Kier molecular flexibility index (Phi) is 6.50. The predicted octanol–water partition coefficient (Wildman–Crippen LogP) is 4.38. The molecular weight excluding hydrogens is 326 g/mol. The number of rotatable bonds is 7. The van der Waals surface area contributed by atoms with Crippen LogP contribution in [0.2, 0.25) is 5.02 Å². The molecule has 0 aliphatic rings. The first-order valence-corrected chi connectivity index (χ1v) is 8.28. The number of hydrogen-bond acceptors (Lipinski definition) is 3. The number of hydrogen-bond donors (Lipinski definition) is 1.